The fraction of sp³-hybridized carbons (Fsp3) is 0.318. The highest BCUT2D eigenvalue weighted by Crippen LogP contribution is 2.48. The lowest BCUT2D eigenvalue weighted by Crippen LogP contribution is -2.10. The van der Waals surface area contributed by atoms with E-state index in [0.717, 1.165) is 10.8 Å². The van der Waals surface area contributed by atoms with Crippen molar-refractivity contribution in [2.45, 2.75) is 43.9 Å². The van der Waals surface area contributed by atoms with Gasteiger partial charge in [-0.15, -0.1) is 0 Å². The molecule has 1 heteroatoms. The minimum absolute atomic E-state index is 0.171. The van der Waals surface area contributed by atoms with E-state index in [4.69, 9.17) is 6.85 Å². The molecule has 2 aromatic carbocycles. The van der Waals surface area contributed by atoms with Crippen LogP contribution in [0.2, 0.25) is 0 Å². The Morgan fingerprint density at radius 3 is 2.26 bits per heavy atom. The molecule has 23 heavy (non-hydrogen) atoms. The second-order valence-electron chi connectivity index (χ2n) is 6.80. The topological polar surface area (TPSA) is 12.9 Å². The van der Waals surface area contributed by atoms with Gasteiger partial charge in [-0.05, 0) is 66.2 Å². The quantitative estimate of drug-likeness (QED) is 0.533. The molecule has 114 valence electrons. The minimum Gasteiger partial charge on any atom is -0.256 e. The van der Waals surface area contributed by atoms with E-state index in [1.807, 2.05) is 6.07 Å². The first-order valence-electron chi connectivity index (χ1n) is 11.0. The summed E-state index contributed by atoms with van der Waals surface area (Å²) in [7, 11) is 0. The average Bonchev–Trinajstić information content (AvgIpc) is 3.04. The van der Waals surface area contributed by atoms with E-state index in [1.54, 1.807) is 6.20 Å². The Hall–Kier alpha value is -2.15. The molecule has 1 nitrogen and oxygen atoms in total. The number of hydrogen-bond acceptors (Lipinski definition) is 1. The summed E-state index contributed by atoms with van der Waals surface area (Å²) in [6.45, 7) is 0. The first-order valence-corrected chi connectivity index (χ1v) is 8.46. The maximum atomic E-state index is 8.22. The fourth-order valence-corrected chi connectivity index (χ4v) is 4.37. The molecule has 6 rings (SSSR count). The zero-order chi connectivity index (χ0) is 19.6. The Labute approximate surface area is 144 Å². The molecule has 3 aliphatic carbocycles. The van der Waals surface area contributed by atoms with Crippen LogP contribution in [0.4, 0.5) is 0 Å². The van der Waals surface area contributed by atoms with Gasteiger partial charge in [-0.3, -0.25) is 4.98 Å². The fourth-order valence-electron chi connectivity index (χ4n) is 4.37. The van der Waals surface area contributed by atoms with Gasteiger partial charge >= 0.3 is 0 Å². The van der Waals surface area contributed by atoms with Gasteiger partial charge in [-0.25, -0.2) is 0 Å². The SMILES string of the molecule is [2H]c1c([2H])c([2H])c(-c2cc3cc4c(cc3cn2)C2CCCC4CC2)c([2H])c1[2H]. The van der Waals surface area contributed by atoms with Crippen LogP contribution in [0.1, 0.15) is 61.9 Å². The maximum absolute atomic E-state index is 8.22. The van der Waals surface area contributed by atoms with Crippen molar-refractivity contribution in [2.24, 2.45) is 0 Å². The summed E-state index contributed by atoms with van der Waals surface area (Å²) in [5, 5.41) is 2.09. The number of hydrogen-bond donors (Lipinski definition) is 0. The minimum atomic E-state index is -0.374. The summed E-state index contributed by atoms with van der Waals surface area (Å²) >= 11 is 0. The van der Waals surface area contributed by atoms with E-state index in [1.165, 1.54) is 43.2 Å². The van der Waals surface area contributed by atoms with Gasteiger partial charge in [0, 0.05) is 17.1 Å². The van der Waals surface area contributed by atoms with Gasteiger partial charge in [0.15, 0.2) is 0 Å². The van der Waals surface area contributed by atoms with Crippen molar-refractivity contribution in [1.82, 2.24) is 4.98 Å². The van der Waals surface area contributed by atoms with Crippen LogP contribution in [0, 0.1) is 0 Å². The normalized spacial score (nSPS) is 25.8. The number of rotatable bonds is 1. The highest BCUT2D eigenvalue weighted by molar-refractivity contribution is 5.87. The predicted molar refractivity (Wildman–Crippen MR) is 95.7 cm³/mol. The monoisotopic (exact) mass is 304 g/mol. The van der Waals surface area contributed by atoms with E-state index >= 15 is 0 Å². The predicted octanol–water partition coefficient (Wildman–Crippen LogP) is 6.05. The van der Waals surface area contributed by atoms with Crippen molar-refractivity contribution in [2.75, 3.05) is 0 Å². The van der Waals surface area contributed by atoms with Gasteiger partial charge in [0.25, 0.3) is 0 Å². The number of aromatic nitrogens is 1. The summed E-state index contributed by atoms with van der Waals surface area (Å²) < 4.78 is 40.1. The second kappa shape index (κ2) is 5.19. The molecule has 0 aliphatic heterocycles. The summed E-state index contributed by atoms with van der Waals surface area (Å²) in [6.07, 6.45) is 8.11. The van der Waals surface area contributed by atoms with Gasteiger partial charge in [0.2, 0.25) is 0 Å². The number of nitrogens with zero attached hydrogens (tertiary/aromatic N) is 1. The first-order chi connectivity index (χ1) is 13.5. The highest BCUT2D eigenvalue weighted by atomic mass is 14.7. The molecule has 1 heterocycles. The molecular weight excluding hydrogens is 278 g/mol. The third kappa shape index (κ3) is 2.18. The van der Waals surface area contributed by atoms with Crippen LogP contribution < -0.4 is 0 Å². The molecule has 0 radical (unpaired) electrons. The van der Waals surface area contributed by atoms with Gasteiger partial charge < -0.3 is 0 Å². The molecule has 1 aromatic heterocycles. The lowest BCUT2D eigenvalue weighted by Gasteiger charge is -2.28. The maximum Gasteiger partial charge on any atom is 0.0708 e. The van der Waals surface area contributed by atoms with Crippen LogP contribution in [0.15, 0.2) is 54.6 Å². The molecule has 3 aromatic rings. The van der Waals surface area contributed by atoms with Crippen LogP contribution in [-0.4, -0.2) is 4.98 Å². The van der Waals surface area contributed by atoms with Crippen molar-refractivity contribution >= 4 is 10.8 Å². The molecule has 0 spiro atoms. The molecule has 2 bridgehead atoms. The Morgan fingerprint density at radius 1 is 0.826 bits per heavy atom. The average molecular weight is 304 g/mol. The lowest BCUT2D eigenvalue weighted by atomic mass is 9.77. The molecule has 2 atom stereocenters. The van der Waals surface area contributed by atoms with E-state index in [9.17, 15) is 0 Å². The lowest BCUT2D eigenvalue weighted by molar-refractivity contribution is 0.528. The van der Waals surface area contributed by atoms with Crippen molar-refractivity contribution in [3.63, 3.8) is 0 Å². The summed E-state index contributed by atoms with van der Waals surface area (Å²) in [6, 6.07) is 4.98. The van der Waals surface area contributed by atoms with E-state index in [0.29, 0.717) is 17.5 Å². The molecule has 0 amide bonds. The molecule has 0 N–H and O–H groups in total. The van der Waals surface area contributed by atoms with Crippen LogP contribution in [0.5, 0.6) is 0 Å². The summed E-state index contributed by atoms with van der Waals surface area (Å²) in [5.74, 6) is 1.27. The van der Waals surface area contributed by atoms with E-state index in [2.05, 4.69) is 17.1 Å². The molecule has 1 saturated carbocycles. The number of benzene rings is 2. The van der Waals surface area contributed by atoms with Crippen molar-refractivity contribution < 1.29 is 6.85 Å². The Balaban J connectivity index is 1.71. The smallest absolute Gasteiger partial charge is 0.0708 e. The van der Waals surface area contributed by atoms with Gasteiger partial charge in [0.05, 0.1) is 12.5 Å². The Bertz CT molecular complexity index is 1090. The van der Waals surface area contributed by atoms with Crippen molar-refractivity contribution in [3.05, 3.63) is 65.7 Å². The molecule has 3 aliphatic rings. The van der Waals surface area contributed by atoms with Crippen molar-refractivity contribution in [3.8, 4) is 11.3 Å². The van der Waals surface area contributed by atoms with Crippen LogP contribution in [-0.2, 0) is 0 Å². The molecular formula is C22H21N. The third-order valence-corrected chi connectivity index (χ3v) is 5.53. The summed E-state index contributed by atoms with van der Waals surface area (Å²) in [4.78, 5) is 4.48. The standard InChI is InChI=1S/C22H21N/c1-2-5-17(6-3-1)22-13-18-11-20-15-7-4-8-16(10-9-15)21(20)12-19(18)14-23-22/h1-3,5-6,11-16H,4,7-10H2/i1D,2D,3D,5D,6D. The Morgan fingerprint density at radius 2 is 1.52 bits per heavy atom. The van der Waals surface area contributed by atoms with Gasteiger partial charge in [0.1, 0.15) is 0 Å². The van der Waals surface area contributed by atoms with Gasteiger partial charge in [-0.2, -0.15) is 0 Å². The summed E-state index contributed by atoms with van der Waals surface area (Å²) in [5.41, 5.74) is 3.52. The van der Waals surface area contributed by atoms with Crippen molar-refractivity contribution in [1.29, 1.82) is 0 Å². The molecule has 0 saturated heterocycles. The largest absolute Gasteiger partial charge is 0.256 e. The number of pyridine rings is 1. The van der Waals surface area contributed by atoms with Crippen LogP contribution in [0.3, 0.4) is 0 Å². The highest BCUT2D eigenvalue weighted by Gasteiger charge is 2.30. The van der Waals surface area contributed by atoms with Gasteiger partial charge in [-0.1, -0.05) is 42.7 Å². The number of fused-ring (bicyclic) bond motifs is 4. The zero-order valence-electron chi connectivity index (χ0n) is 17.9. The van der Waals surface area contributed by atoms with Crippen LogP contribution in [0.25, 0.3) is 22.0 Å². The Kier molecular flexibility index (Phi) is 2.08. The van der Waals surface area contributed by atoms with E-state index < -0.39 is 0 Å². The van der Waals surface area contributed by atoms with Crippen LogP contribution >= 0.6 is 0 Å². The first kappa shape index (κ1) is 9.22. The molecule has 2 unspecified atom stereocenters. The molecule has 1 fully saturated rings. The second-order valence-corrected chi connectivity index (χ2v) is 6.80. The van der Waals surface area contributed by atoms with E-state index in [-0.39, 0.29) is 35.8 Å². The zero-order valence-corrected chi connectivity index (χ0v) is 12.9. The third-order valence-electron chi connectivity index (χ3n) is 5.53.